The fraction of sp³-hybridized carbons (Fsp3) is 0.818. The Kier molecular flexibility index (Phi) is 6.39. The minimum Gasteiger partial charge on any atom is -0.395 e. The van der Waals surface area contributed by atoms with E-state index in [0.29, 0.717) is 12.6 Å². The van der Waals surface area contributed by atoms with Crippen molar-refractivity contribution in [2.24, 2.45) is 0 Å². The van der Waals surface area contributed by atoms with E-state index in [1.54, 1.807) is 0 Å². The lowest BCUT2D eigenvalue weighted by Crippen LogP contribution is -2.33. The molecule has 0 saturated carbocycles. The van der Waals surface area contributed by atoms with Gasteiger partial charge in [0.1, 0.15) is 10.7 Å². The third-order valence-corrected chi connectivity index (χ3v) is 3.29. The largest absolute Gasteiger partial charge is 0.395 e. The zero-order valence-electron chi connectivity index (χ0n) is 10.8. The van der Waals surface area contributed by atoms with Gasteiger partial charge in [0.05, 0.1) is 6.61 Å². The van der Waals surface area contributed by atoms with E-state index in [1.807, 2.05) is 0 Å². The lowest BCUT2D eigenvalue weighted by molar-refractivity contribution is 0.158. The van der Waals surface area contributed by atoms with Gasteiger partial charge in [-0.15, -0.1) is 5.10 Å². The lowest BCUT2D eigenvalue weighted by atomic mass is 10.3. The summed E-state index contributed by atoms with van der Waals surface area (Å²) < 4.78 is 3.99. The van der Waals surface area contributed by atoms with Crippen molar-refractivity contribution in [2.45, 2.75) is 39.8 Å². The van der Waals surface area contributed by atoms with Crippen LogP contribution in [-0.4, -0.2) is 45.3 Å². The highest BCUT2D eigenvalue weighted by atomic mass is 32.1. The number of hydrogen-bond acceptors (Lipinski definition) is 6. The van der Waals surface area contributed by atoms with Gasteiger partial charge in [-0.25, -0.2) is 0 Å². The van der Waals surface area contributed by atoms with Crippen LogP contribution in [0.4, 0.5) is 5.00 Å². The SMILES string of the molecule is CCCNc1snnc1CN(CCO)C(C)C. The molecule has 17 heavy (non-hydrogen) atoms. The molecular weight excluding hydrogens is 236 g/mol. The van der Waals surface area contributed by atoms with Crippen molar-refractivity contribution in [3.05, 3.63) is 5.69 Å². The molecule has 0 unspecified atom stereocenters. The molecule has 1 rings (SSSR count). The molecule has 6 heteroatoms. The van der Waals surface area contributed by atoms with Crippen molar-refractivity contribution >= 4 is 16.5 Å². The van der Waals surface area contributed by atoms with Crippen LogP contribution in [0.25, 0.3) is 0 Å². The smallest absolute Gasteiger partial charge is 0.134 e. The van der Waals surface area contributed by atoms with Crippen LogP contribution in [-0.2, 0) is 6.54 Å². The molecular formula is C11H22N4OS. The van der Waals surface area contributed by atoms with Gasteiger partial charge in [-0.05, 0) is 20.3 Å². The minimum absolute atomic E-state index is 0.174. The Morgan fingerprint density at radius 1 is 1.47 bits per heavy atom. The molecule has 0 atom stereocenters. The van der Waals surface area contributed by atoms with E-state index in [2.05, 4.69) is 40.6 Å². The van der Waals surface area contributed by atoms with E-state index < -0.39 is 0 Å². The Balaban J connectivity index is 2.61. The molecule has 1 aromatic heterocycles. The van der Waals surface area contributed by atoms with Crippen LogP contribution in [0, 0.1) is 0 Å². The van der Waals surface area contributed by atoms with Crippen molar-refractivity contribution in [1.82, 2.24) is 14.5 Å². The molecule has 98 valence electrons. The molecule has 0 aromatic carbocycles. The summed E-state index contributed by atoms with van der Waals surface area (Å²) in [6.45, 7) is 8.89. The molecule has 0 fully saturated rings. The third kappa shape index (κ3) is 4.57. The van der Waals surface area contributed by atoms with Gasteiger partial charge in [-0.3, -0.25) is 4.90 Å². The number of anilines is 1. The van der Waals surface area contributed by atoms with Gasteiger partial charge in [0, 0.05) is 37.2 Å². The number of aliphatic hydroxyl groups excluding tert-OH is 1. The van der Waals surface area contributed by atoms with Gasteiger partial charge >= 0.3 is 0 Å². The lowest BCUT2D eigenvalue weighted by Gasteiger charge is -2.24. The van der Waals surface area contributed by atoms with E-state index in [1.165, 1.54) is 11.5 Å². The highest BCUT2D eigenvalue weighted by Crippen LogP contribution is 2.20. The molecule has 0 aliphatic carbocycles. The average molecular weight is 258 g/mol. The van der Waals surface area contributed by atoms with Crippen LogP contribution in [0.2, 0.25) is 0 Å². The Morgan fingerprint density at radius 3 is 2.82 bits per heavy atom. The van der Waals surface area contributed by atoms with Gasteiger partial charge in [0.2, 0.25) is 0 Å². The molecule has 1 aromatic rings. The summed E-state index contributed by atoms with van der Waals surface area (Å²) in [6.07, 6.45) is 1.09. The summed E-state index contributed by atoms with van der Waals surface area (Å²) in [5, 5.41) is 17.6. The van der Waals surface area contributed by atoms with E-state index >= 15 is 0 Å². The van der Waals surface area contributed by atoms with Crippen LogP contribution in [0.1, 0.15) is 32.9 Å². The monoisotopic (exact) mass is 258 g/mol. The third-order valence-electron chi connectivity index (χ3n) is 2.56. The fourth-order valence-electron chi connectivity index (χ4n) is 1.53. The maximum atomic E-state index is 9.03. The highest BCUT2D eigenvalue weighted by Gasteiger charge is 2.14. The van der Waals surface area contributed by atoms with Crippen LogP contribution >= 0.6 is 11.5 Å². The molecule has 0 radical (unpaired) electrons. The average Bonchev–Trinajstić information content (AvgIpc) is 2.73. The van der Waals surface area contributed by atoms with Crippen molar-refractivity contribution in [2.75, 3.05) is 25.0 Å². The molecule has 2 N–H and O–H groups in total. The number of nitrogens with zero attached hydrogens (tertiary/aromatic N) is 3. The maximum Gasteiger partial charge on any atom is 0.134 e. The summed E-state index contributed by atoms with van der Waals surface area (Å²) in [7, 11) is 0. The van der Waals surface area contributed by atoms with Gasteiger partial charge in [0.15, 0.2) is 0 Å². The molecule has 0 saturated heterocycles. The van der Waals surface area contributed by atoms with E-state index in [-0.39, 0.29) is 6.61 Å². The highest BCUT2D eigenvalue weighted by molar-refractivity contribution is 7.10. The first-order valence-corrected chi connectivity index (χ1v) is 6.86. The summed E-state index contributed by atoms with van der Waals surface area (Å²) in [6, 6.07) is 0.392. The summed E-state index contributed by atoms with van der Waals surface area (Å²) in [4.78, 5) is 2.19. The topological polar surface area (TPSA) is 61.3 Å². The van der Waals surface area contributed by atoms with Gasteiger partial charge in [0.25, 0.3) is 0 Å². The number of aromatic nitrogens is 2. The molecule has 0 amide bonds. The number of aliphatic hydroxyl groups is 1. The van der Waals surface area contributed by atoms with E-state index in [4.69, 9.17) is 5.11 Å². The van der Waals surface area contributed by atoms with Crippen molar-refractivity contribution in [3.8, 4) is 0 Å². The van der Waals surface area contributed by atoms with Crippen molar-refractivity contribution in [1.29, 1.82) is 0 Å². The summed E-state index contributed by atoms with van der Waals surface area (Å²) >= 11 is 1.40. The molecule has 0 aliphatic heterocycles. The molecule has 0 bridgehead atoms. The fourth-order valence-corrected chi connectivity index (χ4v) is 2.12. The standard InChI is InChI=1S/C11H22N4OS/c1-4-5-12-11-10(13-14-17-11)8-15(6-7-16)9(2)3/h9,12,16H,4-8H2,1-3H3. The van der Waals surface area contributed by atoms with E-state index in [0.717, 1.165) is 30.2 Å². The first-order valence-electron chi connectivity index (χ1n) is 6.09. The van der Waals surface area contributed by atoms with Crippen LogP contribution < -0.4 is 5.32 Å². The quantitative estimate of drug-likeness (QED) is 0.741. The Labute approximate surface area is 107 Å². The molecule has 5 nitrogen and oxygen atoms in total. The Hall–Kier alpha value is -0.720. The van der Waals surface area contributed by atoms with Gasteiger partial charge in [-0.1, -0.05) is 11.4 Å². The Morgan fingerprint density at radius 2 is 2.24 bits per heavy atom. The zero-order valence-corrected chi connectivity index (χ0v) is 11.6. The molecule has 0 spiro atoms. The van der Waals surface area contributed by atoms with Crippen LogP contribution in [0.5, 0.6) is 0 Å². The van der Waals surface area contributed by atoms with Crippen molar-refractivity contribution in [3.63, 3.8) is 0 Å². The second kappa shape index (κ2) is 7.58. The first kappa shape index (κ1) is 14.3. The van der Waals surface area contributed by atoms with Crippen LogP contribution in [0.15, 0.2) is 0 Å². The second-order valence-electron chi connectivity index (χ2n) is 4.26. The normalized spacial score (nSPS) is 11.4. The summed E-state index contributed by atoms with van der Waals surface area (Å²) in [5.41, 5.74) is 0.977. The predicted molar refractivity (Wildman–Crippen MR) is 71.3 cm³/mol. The number of rotatable bonds is 8. The predicted octanol–water partition coefficient (Wildman–Crippen LogP) is 1.56. The number of hydrogen-bond donors (Lipinski definition) is 2. The van der Waals surface area contributed by atoms with Gasteiger partial charge in [-0.2, -0.15) is 0 Å². The van der Waals surface area contributed by atoms with Crippen molar-refractivity contribution < 1.29 is 5.11 Å². The summed E-state index contributed by atoms with van der Waals surface area (Å²) in [5.74, 6) is 0. The molecule has 1 heterocycles. The van der Waals surface area contributed by atoms with Crippen LogP contribution in [0.3, 0.4) is 0 Å². The van der Waals surface area contributed by atoms with Gasteiger partial charge < -0.3 is 10.4 Å². The Bertz CT molecular complexity index is 316. The first-order chi connectivity index (χ1) is 8.19. The minimum atomic E-state index is 0.174. The molecule has 0 aliphatic rings. The second-order valence-corrected chi connectivity index (χ2v) is 5.02. The van der Waals surface area contributed by atoms with E-state index in [9.17, 15) is 0 Å². The zero-order chi connectivity index (χ0) is 12.7. The maximum absolute atomic E-state index is 9.03. The number of nitrogens with one attached hydrogen (secondary N) is 1.